The van der Waals surface area contributed by atoms with Gasteiger partial charge in [0.15, 0.2) is 0 Å². The quantitative estimate of drug-likeness (QED) is 0.321. The van der Waals surface area contributed by atoms with Crippen LogP contribution in [0.5, 0.6) is 5.75 Å². The summed E-state index contributed by atoms with van der Waals surface area (Å²) in [6, 6.07) is 9.37. The molecule has 1 amide bonds. The van der Waals surface area contributed by atoms with Crippen molar-refractivity contribution in [2.24, 2.45) is 18.9 Å². The fraction of sp³-hybridized carbons (Fsp3) is 0.455. The minimum atomic E-state index is -4.98. The molecule has 3 aromatic rings. The Morgan fingerprint density at radius 2 is 1.57 bits per heavy atom. The van der Waals surface area contributed by atoms with Gasteiger partial charge in [-0.15, -0.1) is 13.2 Å². The molecular weight excluding hydrogens is 576 g/mol. The molecule has 0 bridgehead atoms. The normalized spacial score (nSPS) is 16.7. The number of halogens is 4. The van der Waals surface area contributed by atoms with Gasteiger partial charge in [-0.25, -0.2) is 4.39 Å². The van der Waals surface area contributed by atoms with Gasteiger partial charge in [0.1, 0.15) is 11.6 Å². The average molecular weight is 615 g/mol. The Morgan fingerprint density at radius 3 is 2.16 bits per heavy atom. The number of carbonyl (C=O) groups excluding carboxylic acids is 1. The molecule has 2 fully saturated rings. The molecule has 1 N–H and O–H groups in total. The maximum Gasteiger partial charge on any atom is 0.573 e. The summed E-state index contributed by atoms with van der Waals surface area (Å²) in [7, 11) is 3.34. The molecule has 2 aliphatic rings. The average Bonchev–Trinajstić information content (AvgIpc) is 3.01. The Kier molecular flexibility index (Phi) is 8.95. The summed E-state index contributed by atoms with van der Waals surface area (Å²) in [4.78, 5) is 29.5. The van der Waals surface area contributed by atoms with E-state index in [4.69, 9.17) is 0 Å². The monoisotopic (exact) mass is 614 g/mol. The minimum Gasteiger partial charge on any atom is -0.405 e. The zero-order valence-corrected chi connectivity index (χ0v) is 25.4. The van der Waals surface area contributed by atoms with Crippen molar-refractivity contribution in [3.8, 4) is 16.9 Å². The molecule has 2 saturated heterocycles. The van der Waals surface area contributed by atoms with Crippen LogP contribution in [0.3, 0.4) is 0 Å². The lowest BCUT2D eigenvalue weighted by Gasteiger charge is -2.41. The maximum atomic E-state index is 14.6. The van der Waals surface area contributed by atoms with E-state index in [2.05, 4.69) is 15.0 Å². The zero-order chi connectivity index (χ0) is 31.8. The number of anilines is 2. The van der Waals surface area contributed by atoms with E-state index in [9.17, 15) is 27.2 Å². The third-order valence-electron chi connectivity index (χ3n) is 9.29. The molecule has 0 aliphatic carbocycles. The van der Waals surface area contributed by atoms with Gasteiger partial charge >= 0.3 is 6.36 Å². The second kappa shape index (κ2) is 12.5. The molecule has 3 heterocycles. The predicted molar refractivity (Wildman–Crippen MR) is 163 cm³/mol. The van der Waals surface area contributed by atoms with Crippen LogP contribution in [0.1, 0.15) is 47.2 Å². The smallest absolute Gasteiger partial charge is 0.405 e. The van der Waals surface area contributed by atoms with Gasteiger partial charge in [-0.3, -0.25) is 9.59 Å². The number of alkyl halides is 3. The second-order valence-corrected chi connectivity index (χ2v) is 11.8. The molecule has 0 radical (unpaired) electrons. The van der Waals surface area contributed by atoms with Crippen molar-refractivity contribution in [1.82, 2.24) is 9.47 Å². The predicted octanol–water partition coefficient (Wildman–Crippen LogP) is 6.52. The van der Waals surface area contributed by atoms with Crippen molar-refractivity contribution in [1.29, 1.82) is 0 Å². The largest absolute Gasteiger partial charge is 0.573 e. The van der Waals surface area contributed by atoms with Crippen LogP contribution in [0.2, 0.25) is 0 Å². The SMILES string of the molecule is CNc1ccc(N2CCC(C3CCN(C(=O)c4ccc(-c5cn(C)c(=O)c(C)c5C)cc4OC(F)(F)F)CC3)CC2)c(F)c1. The van der Waals surface area contributed by atoms with E-state index in [1.54, 1.807) is 51.2 Å². The Labute approximate surface area is 254 Å². The van der Waals surface area contributed by atoms with Gasteiger partial charge in [0.2, 0.25) is 0 Å². The molecule has 2 aliphatic heterocycles. The molecule has 0 saturated carbocycles. The molecule has 44 heavy (non-hydrogen) atoms. The summed E-state index contributed by atoms with van der Waals surface area (Å²) in [6.07, 6.45) is -0.0644. The van der Waals surface area contributed by atoms with Gasteiger partial charge in [0.25, 0.3) is 11.5 Å². The highest BCUT2D eigenvalue weighted by Gasteiger charge is 2.36. The van der Waals surface area contributed by atoms with E-state index in [0.29, 0.717) is 52.9 Å². The first-order valence-corrected chi connectivity index (χ1v) is 14.9. The van der Waals surface area contributed by atoms with Gasteiger partial charge < -0.3 is 24.4 Å². The number of pyridine rings is 1. The van der Waals surface area contributed by atoms with Crippen molar-refractivity contribution in [3.63, 3.8) is 0 Å². The molecular formula is C33H38F4N4O3. The van der Waals surface area contributed by atoms with E-state index in [0.717, 1.165) is 44.5 Å². The van der Waals surface area contributed by atoms with Gasteiger partial charge in [-0.05, 0) is 92.8 Å². The second-order valence-electron chi connectivity index (χ2n) is 11.8. The van der Waals surface area contributed by atoms with E-state index in [-0.39, 0.29) is 16.9 Å². The summed E-state index contributed by atoms with van der Waals surface area (Å²) < 4.78 is 60.7. The highest BCUT2D eigenvalue weighted by molar-refractivity contribution is 5.98. The van der Waals surface area contributed by atoms with Crippen LogP contribution in [0.15, 0.2) is 47.4 Å². The van der Waals surface area contributed by atoms with Crippen LogP contribution in [0.4, 0.5) is 28.9 Å². The number of nitrogens with one attached hydrogen (secondary N) is 1. The van der Waals surface area contributed by atoms with Crippen molar-refractivity contribution in [2.45, 2.75) is 45.9 Å². The molecule has 0 unspecified atom stereocenters. The number of ether oxygens (including phenoxy) is 1. The summed E-state index contributed by atoms with van der Waals surface area (Å²) in [5.74, 6) is -0.473. The van der Waals surface area contributed by atoms with Crippen LogP contribution in [-0.4, -0.2) is 55.0 Å². The topological polar surface area (TPSA) is 66.8 Å². The molecule has 0 atom stereocenters. The van der Waals surface area contributed by atoms with E-state index < -0.39 is 18.0 Å². The van der Waals surface area contributed by atoms with E-state index >= 15 is 0 Å². The lowest BCUT2D eigenvalue weighted by Crippen LogP contribution is -2.43. The van der Waals surface area contributed by atoms with Crippen LogP contribution in [0.25, 0.3) is 11.1 Å². The third kappa shape index (κ3) is 6.56. The number of carbonyl (C=O) groups is 1. The van der Waals surface area contributed by atoms with Gasteiger partial charge in [0, 0.05) is 63.3 Å². The molecule has 5 rings (SSSR count). The lowest BCUT2D eigenvalue weighted by molar-refractivity contribution is -0.274. The van der Waals surface area contributed by atoms with Gasteiger partial charge in [-0.2, -0.15) is 0 Å². The van der Waals surface area contributed by atoms with Gasteiger partial charge in [0.05, 0.1) is 11.3 Å². The third-order valence-corrected chi connectivity index (χ3v) is 9.29. The summed E-state index contributed by atoms with van der Waals surface area (Å²) >= 11 is 0. The molecule has 11 heteroatoms. The fourth-order valence-electron chi connectivity index (χ4n) is 6.62. The summed E-state index contributed by atoms with van der Waals surface area (Å²) in [5.41, 5.74) is 3.13. The van der Waals surface area contributed by atoms with Crippen LogP contribution in [-0.2, 0) is 7.05 Å². The minimum absolute atomic E-state index is 0.150. The maximum absolute atomic E-state index is 14.6. The number of aryl methyl sites for hydroxylation is 1. The van der Waals surface area contributed by atoms with E-state index in [1.165, 1.54) is 22.8 Å². The number of nitrogens with zero attached hydrogens (tertiary/aromatic N) is 3. The number of aromatic nitrogens is 1. The Balaban J connectivity index is 1.26. The first-order chi connectivity index (χ1) is 20.9. The number of benzene rings is 2. The number of amides is 1. The first-order valence-electron chi connectivity index (χ1n) is 14.9. The Morgan fingerprint density at radius 1 is 0.932 bits per heavy atom. The number of likely N-dealkylation sites (tertiary alicyclic amines) is 1. The van der Waals surface area contributed by atoms with Crippen molar-refractivity contribution >= 4 is 17.3 Å². The summed E-state index contributed by atoms with van der Waals surface area (Å²) in [6.45, 7) is 5.79. The van der Waals surface area contributed by atoms with Gasteiger partial charge in [-0.1, -0.05) is 6.07 Å². The van der Waals surface area contributed by atoms with Crippen LogP contribution in [0, 0.1) is 31.5 Å². The first kappa shape index (κ1) is 31.4. The van der Waals surface area contributed by atoms with Crippen molar-refractivity contribution in [2.75, 3.05) is 43.4 Å². The Bertz CT molecular complexity index is 1590. The highest BCUT2D eigenvalue weighted by atomic mass is 19.4. The van der Waals surface area contributed by atoms with Crippen molar-refractivity contribution < 1.29 is 27.1 Å². The molecule has 236 valence electrons. The molecule has 2 aromatic carbocycles. The highest BCUT2D eigenvalue weighted by Crippen LogP contribution is 2.37. The van der Waals surface area contributed by atoms with Crippen molar-refractivity contribution in [3.05, 3.63) is 75.5 Å². The Hall–Kier alpha value is -4.02. The lowest BCUT2D eigenvalue weighted by atomic mass is 9.78. The van der Waals surface area contributed by atoms with Crippen LogP contribution >= 0.6 is 0 Å². The fourth-order valence-corrected chi connectivity index (χ4v) is 6.62. The molecule has 1 aromatic heterocycles. The molecule has 0 spiro atoms. The van der Waals surface area contributed by atoms with Crippen LogP contribution < -0.4 is 20.5 Å². The number of hydrogen-bond acceptors (Lipinski definition) is 5. The standard InChI is InChI=1S/C33H38F4N4O3/c1-20-21(2)31(42)39(4)19-27(20)24-5-7-26(30(17-24)44-33(35,36)37)32(43)41-15-11-23(12-16-41)22-9-13-40(14-10-22)29-8-6-25(38-3)18-28(29)34/h5-8,17-19,22-23,38H,9-16H2,1-4H3. The number of rotatable bonds is 6. The number of piperidine rings is 2. The number of hydrogen-bond donors (Lipinski definition) is 1. The molecule has 7 nitrogen and oxygen atoms in total. The summed E-state index contributed by atoms with van der Waals surface area (Å²) in [5, 5.41) is 2.95. The zero-order valence-electron chi connectivity index (χ0n) is 25.4. The van der Waals surface area contributed by atoms with E-state index in [1.807, 2.05) is 6.07 Å².